The van der Waals surface area contributed by atoms with Gasteiger partial charge in [-0.3, -0.25) is 14.7 Å². The second kappa shape index (κ2) is 11.8. The van der Waals surface area contributed by atoms with Gasteiger partial charge in [-0.1, -0.05) is 29.8 Å². The lowest BCUT2D eigenvalue weighted by Crippen LogP contribution is -2.50. The molecule has 3 N–H and O–H groups in total. The van der Waals surface area contributed by atoms with Gasteiger partial charge >= 0.3 is 0 Å². The highest BCUT2D eigenvalue weighted by Gasteiger charge is 2.21. The fourth-order valence-electron chi connectivity index (χ4n) is 3.19. The number of rotatable bonds is 8. The lowest BCUT2D eigenvalue weighted by molar-refractivity contribution is -0.122. The van der Waals surface area contributed by atoms with Crippen LogP contribution in [0, 0.1) is 0 Å². The highest BCUT2D eigenvalue weighted by Crippen LogP contribution is 2.16. The normalized spacial score (nSPS) is 16.2. The molecule has 1 heterocycles. The summed E-state index contributed by atoms with van der Waals surface area (Å²) in [5, 5.41) is 10.4. The van der Waals surface area contributed by atoms with Gasteiger partial charge in [-0.2, -0.15) is 0 Å². The molecule has 0 saturated carbocycles. The topological polar surface area (TPSA) is 68.8 Å². The van der Waals surface area contributed by atoms with Crippen molar-refractivity contribution in [3.8, 4) is 0 Å². The minimum absolute atomic E-state index is 0.0785. The number of amides is 1. The van der Waals surface area contributed by atoms with Crippen molar-refractivity contribution in [2.45, 2.75) is 38.6 Å². The molecule has 6 nitrogen and oxygen atoms in total. The Kier molecular flexibility index (Phi) is 9.42. The van der Waals surface area contributed by atoms with Crippen LogP contribution in [0.4, 0.5) is 0 Å². The van der Waals surface area contributed by atoms with Gasteiger partial charge in [0.25, 0.3) is 0 Å². The molecule has 2 rings (SSSR count). The van der Waals surface area contributed by atoms with Gasteiger partial charge in [0, 0.05) is 44.3 Å². The second-order valence-corrected chi connectivity index (χ2v) is 7.23. The average molecular weight is 394 g/mol. The van der Waals surface area contributed by atoms with E-state index in [0.717, 1.165) is 62.8 Å². The predicted molar refractivity (Wildman–Crippen MR) is 112 cm³/mol. The number of carbonyl (C=O) groups excluding carboxylic acids is 1. The van der Waals surface area contributed by atoms with Gasteiger partial charge < -0.3 is 16.0 Å². The van der Waals surface area contributed by atoms with Crippen LogP contribution in [0.25, 0.3) is 0 Å². The van der Waals surface area contributed by atoms with E-state index in [1.165, 1.54) is 5.56 Å². The Morgan fingerprint density at radius 1 is 1.30 bits per heavy atom. The predicted octanol–water partition coefficient (Wildman–Crippen LogP) is 2.04. The fourth-order valence-corrected chi connectivity index (χ4v) is 3.42. The van der Waals surface area contributed by atoms with Crippen molar-refractivity contribution in [3.05, 3.63) is 34.9 Å². The maximum atomic E-state index is 11.5. The fraction of sp³-hybridized carbons (Fsp3) is 0.600. The number of aryl methyl sites for hydroxylation is 1. The number of guanidine groups is 1. The third kappa shape index (κ3) is 7.77. The Hall–Kier alpha value is -1.79. The molecule has 150 valence electrons. The quantitative estimate of drug-likeness (QED) is 0.359. The van der Waals surface area contributed by atoms with Crippen molar-refractivity contribution in [2.75, 3.05) is 39.8 Å². The van der Waals surface area contributed by atoms with Crippen molar-refractivity contribution in [3.63, 3.8) is 0 Å². The minimum Gasteiger partial charge on any atom is -0.358 e. The molecule has 1 aliphatic rings. The van der Waals surface area contributed by atoms with Gasteiger partial charge in [0.15, 0.2) is 5.96 Å². The molecule has 0 atom stereocenters. The van der Waals surface area contributed by atoms with Crippen LogP contribution in [0.1, 0.15) is 31.7 Å². The average Bonchev–Trinajstić information content (AvgIpc) is 2.68. The van der Waals surface area contributed by atoms with Crippen LogP contribution in [-0.2, 0) is 11.2 Å². The summed E-state index contributed by atoms with van der Waals surface area (Å²) in [6, 6.07) is 8.38. The summed E-state index contributed by atoms with van der Waals surface area (Å²) in [6.07, 6.45) is 3.92. The molecule has 0 aromatic heterocycles. The highest BCUT2D eigenvalue weighted by atomic mass is 35.5. The van der Waals surface area contributed by atoms with E-state index in [9.17, 15) is 4.79 Å². The van der Waals surface area contributed by atoms with Gasteiger partial charge in [0.05, 0.1) is 6.54 Å². The maximum Gasteiger partial charge on any atom is 0.233 e. The van der Waals surface area contributed by atoms with Crippen molar-refractivity contribution in [2.24, 2.45) is 4.99 Å². The van der Waals surface area contributed by atoms with Crippen LogP contribution in [-0.4, -0.2) is 62.6 Å². The number of likely N-dealkylation sites (N-methyl/N-ethyl adjacent to an activating group) is 1. The standard InChI is InChI=1S/C20H32ClN5O/c1-3-23-20(24-12-6-8-16-7-4-5-9-18(16)21)25-17-10-13-26(14-11-17)15-19(27)22-2/h4-5,7,9,17H,3,6,8,10-15H2,1-2H3,(H,22,27)(H2,23,24,25). The lowest BCUT2D eigenvalue weighted by atomic mass is 10.1. The Bertz CT molecular complexity index is 614. The molecule has 0 radical (unpaired) electrons. The Morgan fingerprint density at radius 2 is 2.04 bits per heavy atom. The number of nitrogens with one attached hydrogen (secondary N) is 3. The van der Waals surface area contributed by atoms with Crippen molar-refractivity contribution < 1.29 is 4.79 Å². The van der Waals surface area contributed by atoms with Crippen LogP contribution in [0.2, 0.25) is 5.02 Å². The van der Waals surface area contributed by atoms with E-state index >= 15 is 0 Å². The maximum absolute atomic E-state index is 11.5. The highest BCUT2D eigenvalue weighted by molar-refractivity contribution is 6.31. The first kappa shape index (κ1) is 21.5. The summed E-state index contributed by atoms with van der Waals surface area (Å²) < 4.78 is 0. The summed E-state index contributed by atoms with van der Waals surface area (Å²) >= 11 is 6.21. The largest absolute Gasteiger partial charge is 0.358 e. The number of hydrogen-bond acceptors (Lipinski definition) is 3. The molecule has 27 heavy (non-hydrogen) atoms. The zero-order valence-corrected chi connectivity index (χ0v) is 17.2. The van der Waals surface area contributed by atoms with E-state index in [-0.39, 0.29) is 5.91 Å². The van der Waals surface area contributed by atoms with Crippen molar-refractivity contribution in [1.82, 2.24) is 20.9 Å². The van der Waals surface area contributed by atoms with Crippen LogP contribution in [0.15, 0.2) is 29.3 Å². The number of nitrogens with zero attached hydrogens (tertiary/aromatic N) is 2. The smallest absolute Gasteiger partial charge is 0.233 e. The summed E-state index contributed by atoms with van der Waals surface area (Å²) in [5.41, 5.74) is 1.18. The lowest BCUT2D eigenvalue weighted by Gasteiger charge is -2.32. The molecule has 1 aliphatic heterocycles. The van der Waals surface area contributed by atoms with Gasteiger partial charge in [-0.25, -0.2) is 0 Å². The number of benzene rings is 1. The molecule has 0 bridgehead atoms. The zero-order chi connectivity index (χ0) is 19.5. The summed E-state index contributed by atoms with van der Waals surface area (Å²) in [6.45, 7) is 6.02. The minimum atomic E-state index is 0.0785. The van der Waals surface area contributed by atoms with Gasteiger partial charge in [0.2, 0.25) is 5.91 Å². The Morgan fingerprint density at radius 3 is 2.70 bits per heavy atom. The number of aliphatic imine (C=N–C) groups is 1. The van der Waals surface area contributed by atoms with E-state index in [1.54, 1.807) is 7.05 Å². The summed E-state index contributed by atoms with van der Waals surface area (Å²) in [7, 11) is 1.68. The van der Waals surface area contributed by atoms with Crippen LogP contribution >= 0.6 is 11.6 Å². The van der Waals surface area contributed by atoms with E-state index < -0.39 is 0 Å². The van der Waals surface area contributed by atoms with Gasteiger partial charge in [-0.15, -0.1) is 0 Å². The monoisotopic (exact) mass is 393 g/mol. The first-order valence-electron chi connectivity index (χ1n) is 9.83. The van der Waals surface area contributed by atoms with E-state index in [4.69, 9.17) is 16.6 Å². The molecule has 0 aliphatic carbocycles. The molecule has 1 aromatic carbocycles. The molecular weight excluding hydrogens is 362 g/mol. The molecular formula is C20H32ClN5O. The third-order valence-electron chi connectivity index (χ3n) is 4.75. The zero-order valence-electron chi connectivity index (χ0n) is 16.4. The molecule has 0 unspecified atom stereocenters. The molecule has 1 amide bonds. The molecule has 1 saturated heterocycles. The van der Waals surface area contributed by atoms with Gasteiger partial charge in [0.1, 0.15) is 0 Å². The molecule has 1 aromatic rings. The SMILES string of the molecule is CCNC(=NCCCc1ccccc1Cl)NC1CCN(CC(=O)NC)CC1. The Labute approximate surface area is 167 Å². The first-order chi connectivity index (χ1) is 13.1. The molecule has 7 heteroatoms. The van der Waals surface area contributed by atoms with Crippen LogP contribution < -0.4 is 16.0 Å². The molecule has 0 spiro atoms. The number of likely N-dealkylation sites (tertiary alicyclic amines) is 1. The van der Waals surface area contributed by atoms with E-state index in [2.05, 4.69) is 33.8 Å². The number of halogens is 1. The number of hydrogen-bond donors (Lipinski definition) is 3. The van der Waals surface area contributed by atoms with Crippen molar-refractivity contribution in [1.29, 1.82) is 0 Å². The molecule has 1 fully saturated rings. The van der Waals surface area contributed by atoms with E-state index in [1.807, 2.05) is 18.2 Å². The first-order valence-corrected chi connectivity index (χ1v) is 10.2. The van der Waals surface area contributed by atoms with Crippen LogP contribution in [0.3, 0.4) is 0 Å². The second-order valence-electron chi connectivity index (χ2n) is 6.82. The third-order valence-corrected chi connectivity index (χ3v) is 5.12. The van der Waals surface area contributed by atoms with Gasteiger partial charge in [-0.05, 0) is 44.2 Å². The number of carbonyl (C=O) groups is 1. The summed E-state index contributed by atoms with van der Waals surface area (Å²) in [4.78, 5) is 18.4. The number of piperidine rings is 1. The van der Waals surface area contributed by atoms with Crippen LogP contribution in [0.5, 0.6) is 0 Å². The van der Waals surface area contributed by atoms with E-state index in [0.29, 0.717) is 12.6 Å². The van der Waals surface area contributed by atoms with Crippen molar-refractivity contribution >= 4 is 23.5 Å². The summed E-state index contributed by atoms with van der Waals surface area (Å²) in [5.74, 6) is 0.955. The Balaban J connectivity index is 1.75.